The molecule has 0 saturated carbocycles. The molecule has 0 aliphatic carbocycles. The smallest absolute Gasteiger partial charge is 0.104 e. The molecule has 1 aromatic rings. The van der Waals surface area contributed by atoms with Crippen molar-refractivity contribution in [2.75, 3.05) is 20.1 Å². The number of nitrogens with zero attached hydrogens (tertiary/aromatic N) is 1. The van der Waals surface area contributed by atoms with E-state index in [1.807, 2.05) is 0 Å². The van der Waals surface area contributed by atoms with Crippen molar-refractivity contribution < 1.29 is 4.48 Å². The van der Waals surface area contributed by atoms with Crippen molar-refractivity contribution in [2.24, 2.45) is 0 Å². The Balaban J connectivity index is 2.22. The maximum Gasteiger partial charge on any atom is 0.104 e. The molecule has 1 nitrogen and oxygen atoms in total. The molecule has 0 saturated heterocycles. The molecule has 0 heterocycles. The van der Waals surface area contributed by atoms with Gasteiger partial charge in [0.25, 0.3) is 0 Å². The Kier molecular flexibility index (Phi) is 19.9. The van der Waals surface area contributed by atoms with Gasteiger partial charge in [0, 0.05) is 5.56 Å². The van der Waals surface area contributed by atoms with Crippen LogP contribution >= 0.6 is 0 Å². The van der Waals surface area contributed by atoms with Gasteiger partial charge >= 0.3 is 0 Å². The van der Waals surface area contributed by atoms with E-state index in [2.05, 4.69) is 51.2 Å². The molecule has 0 aromatic heterocycles. The van der Waals surface area contributed by atoms with Gasteiger partial charge in [0.1, 0.15) is 6.54 Å². The molecule has 0 aliphatic rings. The molecule has 0 fully saturated rings. The minimum atomic E-state index is 1.20. The topological polar surface area (TPSA) is 0 Å². The fourth-order valence-corrected chi connectivity index (χ4v) is 5.26. The minimum absolute atomic E-state index is 1.20. The van der Waals surface area contributed by atoms with Crippen LogP contribution in [0.3, 0.4) is 0 Å². The maximum atomic E-state index is 2.52. The first-order valence-corrected chi connectivity index (χ1v) is 15.1. The van der Waals surface area contributed by atoms with Gasteiger partial charge in [-0.25, -0.2) is 0 Å². The summed E-state index contributed by atoms with van der Waals surface area (Å²) in [5.41, 5.74) is 1.51. The predicted octanol–water partition coefficient (Wildman–Crippen LogP) is 10.5. The van der Waals surface area contributed by atoms with Gasteiger partial charge in [0.2, 0.25) is 0 Å². The largest absolute Gasteiger partial charge is 0.322 e. The minimum Gasteiger partial charge on any atom is -0.322 e. The molecular formula is C32H60N+. The highest BCUT2D eigenvalue weighted by Gasteiger charge is 2.21. The van der Waals surface area contributed by atoms with Crippen LogP contribution in [0.1, 0.15) is 148 Å². The molecule has 0 bridgehead atoms. The summed E-state index contributed by atoms with van der Waals surface area (Å²) in [5.74, 6) is 0. The van der Waals surface area contributed by atoms with Gasteiger partial charge < -0.3 is 4.48 Å². The number of hydrogen-bond donors (Lipinski definition) is 0. The summed E-state index contributed by atoms with van der Waals surface area (Å²) < 4.78 is 1.23. The summed E-state index contributed by atoms with van der Waals surface area (Å²) >= 11 is 0. The van der Waals surface area contributed by atoms with Gasteiger partial charge in [-0.1, -0.05) is 147 Å². The molecule has 1 aromatic carbocycles. The lowest BCUT2D eigenvalue weighted by atomic mass is 10.0. The molecule has 0 amide bonds. The molecule has 192 valence electrons. The van der Waals surface area contributed by atoms with E-state index in [9.17, 15) is 0 Å². The molecular weight excluding hydrogens is 398 g/mol. The lowest BCUT2D eigenvalue weighted by Crippen LogP contribution is -2.44. The van der Waals surface area contributed by atoms with Crippen LogP contribution in [0.2, 0.25) is 0 Å². The van der Waals surface area contributed by atoms with Crippen LogP contribution in [0.15, 0.2) is 30.3 Å². The fraction of sp³-hybridized carbons (Fsp3) is 0.812. The molecule has 0 spiro atoms. The first kappa shape index (κ1) is 30.2. The summed E-state index contributed by atoms with van der Waals surface area (Å²) in [6.07, 6.45) is 28.7. The van der Waals surface area contributed by atoms with Crippen LogP contribution in [0, 0.1) is 0 Å². The van der Waals surface area contributed by atoms with Crippen LogP contribution in [-0.4, -0.2) is 24.6 Å². The third-order valence-corrected chi connectivity index (χ3v) is 7.51. The number of quaternary nitrogens is 1. The number of hydrogen-bond acceptors (Lipinski definition) is 0. The first-order valence-electron chi connectivity index (χ1n) is 15.1. The zero-order chi connectivity index (χ0) is 23.9. The van der Waals surface area contributed by atoms with Crippen molar-refractivity contribution in [3.8, 4) is 0 Å². The summed E-state index contributed by atoms with van der Waals surface area (Å²) in [7, 11) is 2.52. The maximum absolute atomic E-state index is 2.52. The van der Waals surface area contributed by atoms with E-state index in [0.717, 1.165) is 0 Å². The normalized spacial score (nSPS) is 11.8. The van der Waals surface area contributed by atoms with Crippen LogP contribution < -0.4 is 0 Å². The van der Waals surface area contributed by atoms with E-state index >= 15 is 0 Å². The van der Waals surface area contributed by atoms with E-state index in [1.165, 1.54) is 158 Å². The second kappa shape index (κ2) is 21.7. The lowest BCUT2D eigenvalue weighted by Gasteiger charge is -2.35. The third-order valence-electron chi connectivity index (χ3n) is 7.51. The Morgan fingerprint density at radius 1 is 0.455 bits per heavy atom. The van der Waals surface area contributed by atoms with Crippen LogP contribution in [-0.2, 0) is 6.54 Å². The Bertz CT molecular complexity index is 484. The second-order valence-corrected chi connectivity index (χ2v) is 11.1. The molecule has 0 N–H and O–H groups in total. The van der Waals surface area contributed by atoms with Gasteiger partial charge in [-0.3, -0.25) is 0 Å². The molecule has 0 aliphatic heterocycles. The Morgan fingerprint density at radius 2 is 0.788 bits per heavy atom. The standard InChI is InChI=1S/C32H60N/c1-4-6-8-10-12-14-16-18-20-25-29-33(3,31-32-27-23-22-24-28-32)30-26-21-19-17-15-13-11-9-7-5-2/h22-24,27-28H,4-21,25-26,29-31H2,1-3H3/q+1. The summed E-state index contributed by atoms with van der Waals surface area (Å²) in [6, 6.07) is 11.2. The highest BCUT2D eigenvalue weighted by molar-refractivity contribution is 5.13. The van der Waals surface area contributed by atoms with E-state index in [0.29, 0.717) is 0 Å². The Labute approximate surface area is 209 Å². The lowest BCUT2D eigenvalue weighted by molar-refractivity contribution is -0.923. The van der Waals surface area contributed by atoms with Crippen molar-refractivity contribution in [1.82, 2.24) is 0 Å². The highest BCUT2D eigenvalue weighted by Crippen LogP contribution is 2.18. The molecule has 33 heavy (non-hydrogen) atoms. The molecule has 1 heteroatoms. The average molecular weight is 459 g/mol. The summed E-state index contributed by atoms with van der Waals surface area (Å²) in [5, 5.41) is 0. The molecule has 1 rings (SSSR count). The average Bonchev–Trinajstić information content (AvgIpc) is 2.82. The number of unbranched alkanes of at least 4 members (excludes halogenated alkanes) is 18. The Morgan fingerprint density at radius 3 is 1.15 bits per heavy atom. The van der Waals surface area contributed by atoms with Crippen molar-refractivity contribution >= 4 is 0 Å². The van der Waals surface area contributed by atoms with Crippen LogP contribution in [0.4, 0.5) is 0 Å². The molecule has 0 atom stereocenters. The van der Waals surface area contributed by atoms with Crippen LogP contribution in [0.25, 0.3) is 0 Å². The predicted molar refractivity (Wildman–Crippen MR) is 150 cm³/mol. The fourth-order valence-electron chi connectivity index (χ4n) is 5.26. The van der Waals surface area contributed by atoms with Gasteiger partial charge in [0.05, 0.1) is 20.1 Å². The van der Waals surface area contributed by atoms with E-state index in [-0.39, 0.29) is 0 Å². The second-order valence-electron chi connectivity index (χ2n) is 11.1. The van der Waals surface area contributed by atoms with Crippen molar-refractivity contribution in [3.05, 3.63) is 35.9 Å². The number of benzene rings is 1. The summed E-state index contributed by atoms with van der Waals surface area (Å²) in [4.78, 5) is 0. The van der Waals surface area contributed by atoms with Crippen LogP contribution in [0.5, 0.6) is 0 Å². The van der Waals surface area contributed by atoms with Crippen molar-refractivity contribution in [3.63, 3.8) is 0 Å². The quantitative estimate of drug-likeness (QED) is 0.107. The first-order chi connectivity index (χ1) is 16.2. The van der Waals surface area contributed by atoms with Crippen molar-refractivity contribution in [1.29, 1.82) is 0 Å². The van der Waals surface area contributed by atoms with Gasteiger partial charge in [0.15, 0.2) is 0 Å². The molecule has 0 unspecified atom stereocenters. The van der Waals surface area contributed by atoms with Gasteiger partial charge in [-0.2, -0.15) is 0 Å². The van der Waals surface area contributed by atoms with Crippen molar-refractivity contribution in [2.45, 2.75) is 149 Å². The summed E-state index contributed by atoms with van der Waals surface area (Å²) in [6.45, 7) is 8.52. The van der Waals surface area contributed by atoms with E-state index < -0.39 is 0 Å². The Hall–Kier alpha value is -0.820. The third kappa shape index (κ3) is 18.2. The molecule has 0 radical (unpaired) electrons. The number of rotatable bonds is 24. The monoisotopic (exact) mass is 458 g/mol. The van der Waals surface area contributed by atoms with Gasteiger partial charge in [-0.05, 0) is 25.7 Å². The van der Waals surface area contributed by atoms with Gasteiger partial charge in [-0.15, -0.1) is 0 Å². The van der Waals surface area contributed by atoms with E-state index in [1.54, 1.807) is 0 Å². The zero-order valence-electron chi connectivity index (χ0n) is 23.1. The zero-order valence-corrected chi connectivity index (χ0v) is 23.1. The SMILES string of the molecule is CCCCCCCCCCCC[N+](C)(CCCCCCCCCCCC)Cc1ccccc1. The highest BCUT2D eigenvalue weighted by atomic mass is 15.3. The van der Waals surface area contributed by atoms with E-state index in [4.69, 9.17) is 0 Å².